The summed E-state index contributed by atoms with van der Waals surface area (Å²) in [5.74, 6) is 0.450. The van der Waals surface area contributed by atoms with Gasteiger partial charge in [0.05, 0.1) is 11.0 Å². The molecule has 1 aromatic carbocycles. The molecular weight excluding hydrogens is 198 g/mol. The van der Waals surface area contributed by atoms with Crippen molar-refractivity contribution in [1.29, 1.82) is 0 Å². The Balaban J connectivity index is 2.94. The first-order chi connectivity index (χ1) is 7.19. The maximum Gasteiger partial charge on any atom is 0.296 e. The van der Waals surface area contributed by atoms with E-state index in [0.29, 0.717) is 24.6 Å². The van der Waals surface area contributed by atoms with E-state index >= 15 is 0 Å². The molecule has 1 rings (SSSR count). The van der Waals surface area contributed by atoms with E-state index in [1.54, 1.807) is 19.2 Å². The lowest BCUT2D eigenvalue weighted by Crippen LogP contribution is -2.10. The molecule has 0 aromatic heterocycles. The van der Waals surface area contributed by atoms with Crippen molar-refractivity contribution in [1.82, 2.24) is 0 Å². The molecule has 0 fully saturated rings. The average Bonchev–Trinajstić information content (AvgIpc) is 2.25. The first-order valence-electron chi connectivity index (χ1n) is 4.48. The Hall–Kier alpha value is -1.82. The Kier molecular flexibility index (Phi) is 3.87. The SMILES string of the molecule is CNc1ccc(OCCN)cc1[N+](=O)[O-]. The van der Waals surface area contributed by atoms with Gasteiger partial charge < -0.3 is 15.8 Å². The van der Waals surface area contributed by atoms with Gasteiger partial charge in [0.25, 0.3) is 5.69 Å². The largest absolute Gasteiger partial charge is 0.492 e. The van der Waals surface area contributed by atoms with Crippen molar-refractivity contribution in [2.45, 2.75) is 0 Å². The van der Waals surface area contributed by atoms with Crippen LogP contribution in [0, 0.1) is 10.1 Å². The van der Waals surface area contributed by atoms with Crippen LogP contribution in [0.15, 0.2) is 18.2 Å². The number of hydrogen-bond acceptors (Lipinski definition) is 5. The molecule has 0 heterocycles. The molecular formula is C9H13N3O3. The minimum absolute atomic E-state index is 0.00739. The van der Waals surface area contributed by atoms with Crippen molar-refractivity contribution in [2.24, 2.45) is 5.73 Å². The molecule has 82 valence electrons. The summed E-state index contributed by atoms with van der Waals surface area (Å²) < 4.78 is 5.19. The van der Waals surface area contributed by atoms with Crippen LogP contribution in [0.2, 0.25) is 0 Å². The second-order valence-corrected chi connectivity index (χ2v) is 2.82. The fourth-order valence-corrected chi connectivity index (χ4v) is 1.14. The van der Waals surface area contributed by atoms with E-state index in [9.17, 15) is 10.1 Å². The van der Waals surface area contributed by atoms with E-state index in [1.165, 1.54) is 6.07 Å². The molecule has 0 bridgehead atoms. The monoisotopic (exact) mass is 211 g/mol. The third-order valence-electron chi connectivity index (χ3n) is 1.82. The van der Waals surface area contributed by atoms with Crippen LogP contribution >= 0.6 is 0 Å². The summed E-state index contributed by atoms with van der Waals surface area (Å²) in [6.07, 6.45) is 0. The van der Waals surface area contributed by atoms with Gasteiger partial charge in [-0.15, -0.1) is 0 Å². The Morgan fingerprint density at radius 1 is 1.60 bits per heavy atom. The summed E-state index contributed by atoms with van der Waals surface area (Å²) in [5, 5.41) is 13.4. The van der Waals surface area contributed by atoms with Crippen molar-refractivity contribution < 1.29 is 9.66 Å². The van der Waals surface area contributed by atoms with Crippen LogP contribution in [0.25, 0.3) is 0 Å². The summed E-state index contributed by atoms with van der Waals surface area (Å²) in [6, 6.07) is 4.64. The van der Waals surface area contributed by atoms with Crippen molar-refractivity contribution in [3.63, 3.8) is 0 Å². The van der Waals surface area contributed by atoms with Crippen molar-refractivity contribution in [2.75, 3.05) is 25.5 Å². The van der Waals surface area contributed by atoms with E-state index in [1.807, 2.05) is 0 Å². The lowest BCUT2D eigenvalue weighted by atomic mass is 10.2. The number of benzene rings is 1. The van der Waals surface area contributed by atoms with Crippen LogP contribution in [0.5, 0.6) is 5.75 Å². The van der Waals surface area contributed by atoms with Gasteiger partial charge in [0.1, 0.15) is 18.0 Å². The highest BCUT2D eigenvalue weighted by atomic mass is 16.6. The zero-order valence-electron chi connectivity index (χ0n) is 8.40. The Bertz CT molecular complexity index is 354. The molecule has 0 aliphatic rings. The fraction of sp³-hybridized carbons (Fsp3) is 0.333. The van der Waals surface area contributed by atoms with E-state index in [-0.39, 0.29) is 5.69 Å². The molecule has 1 aromatic rings. The minimum Gasteiger partial charge on any atom is -0.492 e. The molecule has 0 saturated carbocycles. The van der Waals surface area contributed by atoms with Gasteiger partial charge in [-0.1, -0.05) is 0 Å². The first-order valence-corrected chi connectivity index (χ1v) is 4.48. The molecule has 0 radical (unpaired) electrons. The molecule has 6 nitrogen and oxygen atoms in total. The van der Waals surface area contributed by atoms with E-state index < -0.39 is 4.92 Å². The van der Waals surface area contributed by atoms with Crippen LogP contribution in [-0.2, 0) is 0 Å². The quantitative estimate of drug-likeness (QED) is 0.559. The van der Waals surface area contributed by atoms with Gasteiger partial charge in [0.2, 0.25) is 0 Å². The highest BCUT2D eigenvalue weighted by Gasteiger charge is 2.13. The molecule has 0 aliphatic carbocycles. The maximum atomic E-state index is 10.7. The van der Waals surface area contributed by atoms with Crippen molar-refractivity contribution >= 4 is 11.4 Å². The van der Waals surface area contributed by atoms with Gasteiger partial charge in [0.15, 0.2) is 0 Å². The molecule has 0 atom stereocenters. The zero-order chi connectivity index (χ0) is 11.3. The number of ether oxygens (including phenoxy) is 1. The number of anilines is 1. The van der Waals surface area contributed by atoms with Crippen LogP contribution in [0.1, 0.15) is 0 Å². The van der Waals surface area contributed by atoms with Crippen molar-refractivity contribution in [3.8, 4) is 5.75 Å². The van der Waals surface area contributed by atoms with Gasteiger partial charge in [-0.25, -0.2) is 0 Å². The summed E-state index contributed by atoms with van der Waals surface area (Å²) in [7, 11) is 1.63. The molecule has 0 amide bonds. The summed E-state index contributed by atoms with van der Waals surface area (Å²) >= 11 is 0. The summed E-state index contributed by atoms with van der Waals surface area (Å²) in [4.78, 5) is 10.2. The number of hydrogen-bond donors (Lipinski definition) is 2. The smallest absolute Gasteiger partial charge is 0.296 e. The minimum atomic E-state index is -0.457. The van der Waals surface area contributed by atoms with E-state index in [0.717, 1.165) is 0 Å². The Morgan fingerprint density at radius 2 is 2.33 bits per heavy atom. The molecule has 0 unspecified atom stereocenters. The highest BCUT2D eigenvalue weighted by molar-refractivity contribution is 5.63. The standard InChI is InChI=1S/C9H13N3O3/c1-11-8-3-2-7(15-5-4-10)6-9(8)12(13)14/h2-3,6,11H,4-5,10H2,1H3. The second-order valence-electron chi connectivity index (χ2n) is 2.82. The Morgan fingerprint density at radius 3 is 2.87 bits per heavy atom. The van der Waals surface area contributed by atoms with E-state index in [2.05, 4.69) is 5.32 Å². The van der Waals surface area contributed by atoms with Crippen LogP contribution in [0.4, 0.5) is 11.4 Å². The van der Waals surface area contributed by atoms with Crippen molar-refractivity contribution in [3.05, 3.63) is 28.3 Å². The van der Waals surface area contributed by atoms with Gasteiger partial charge in [-0.05, 0) is 12.1 Å². The second kappa shape index (κ2) is 5.16. The molecule has 15 heavy (non-hydrogen) atoms. The molecule has 0 saturated heterocycles. The van der Waals surface area contributed by atoms with Gasteiger partial charge in [0, 0.05) is 13.6 Å². The highest BCUT2D eigenvalue weighted by Crippen LogP contribution is 2.28. The Labute approximate surface area is 87.2 Å². The van der Waals surface area contributed by atoms with Gasteiger partial charge >= 0.3 is 0 Å². The predicted octanol–water partition coefficient (Wildman–Crippen LogP) is 0.974. The third kappa shape index (κ3) is 2.81. The summed E-state index contributed by atoms with van der Waals surface area (Å²) in [5.41, 5.74) is 5.71. The normalized spacial score (nSPS) is 9.73. The number of nitro benzene ring substituents is 1. The molecule has 0 aliphatic heterocycles. The summed E-state index contributed by atoms with van der Waals surface area (Å²) in [6.45, 7) is 0.720. The number of nitrogens with one attached hydrogen (secondary N) is 1. The van der Waals surface area contributed by atoms with Crippen LogP contribution in [-0.4, -0.2) is 25.1 Å². The maximum absolute atomic E-state index is 10.7. The van der Waals surface area contributed by atoms with E-state index in [4.69, 9.17) is 10.5 Å². The van der Waals surface area contributed by atoms with Gasteiger partial charge in [-0.3, -0.25) is 10.1 Å². The first kappa shape index (κ1) is 11.3. The molecule has 0 spiro atoms. The number of nitrogens with zero attached hydrogens (tertiary/aromatic N) is 1. The molecule has 6 heteroatoms. The fourth-order valence-electron chi connectivity index (χ4n) is 1.14. The lowest BCUT2D eigenvalue weighted by molar-refractivity contribution is -0.384. The predicted molar refractivity (Wildman–Crippen MR) is 57.2 cm³/mol. The topological polar surface area (TPSA) is 90.4 Å². The number of nitro groups is 1. The van der Waals surface area contributed by atoms with Crippen LogP contribution in [0.3, 0.4) is 0 Å². The average molecular weight is 211 g/mol. The molecule has 3 N–H and O–H groups in total. The zero-order valence-corrected chi connectivity index (χ0v) is 8.40. The van der Waals surface area contributed by atoms with Gasteiger partial charge in [-0.2, -0.15) is 0 Å². The van der Waals surface area contributed by atoms with Crippen LogP contribution < -0.4 is 15.8 Å². The number of nitrogens with two attached hydrogens (primary N) is 1. The number of rotatable bonds is 5. The lowest BCUT2D eigenvalue weighted by Gasteiger charge is -2.06. The third-order valence-corrected chi connectivity index (χ3v) is 1.82.